The van der Waals surface area contributed by atoms with Crippen LogP contribution in [0.5, 0.6) is 0 Å². The summed E-state index contributed by atoms with van der Waals surface area (Å²) in [5.41, 5.74) is -0.500. The molecule has 0 saturated carbocycles. The van der Waals surface area contributed by atoms with E-state index >= 15 is 0 Å². The third-order valence-corrected chi connectivity index (χ3v) is 3.58. The van der Waals surface area contributed by atoms with Gasteiger partial charge in [-0.05, 0) is 36.4 Å². The Kier molecular flexibility index (Phi) is 18.3. The monoisotopic (exact) mass is 547 g/mol. The third kappa shape index (κ3) is 11.9. The Bertz CT molecular complexity index is 909. The zero-order chi connectivity index (χ0) is 22.8. The van der Waals surface area contributed by atoms with Crippen molar-refractivity contribution in [2.75, 3.05) is 0 Å². The van der Waals surface area contributed by atoms with Crippen LogP contribution in [0.1, 0.15) is 34.8 Å². The second-order valence-electron chi connectivity index (χ2n) is 5.95. The Morgan fingerprint density at radius 1 is 0.818 bits per heavy atom. The van der Waals surface area contributed by atoms with Gasteiger partial charge < -0.3 is 24.8 Å². The fourth-order valence-electron chi connectivity index (χ4n) is 1.94. The summed E-state index contributed by atoms with van der Waals surface area (Å²) in [5.74, 6) is -1.83. The molecule has 0 aromatic carbocycles. The molecule has 3 rings (SSSR count). The van der Waals surface area contributed by atoms with Crippen LogP contribution in [0, 0.1) is 10.8 Å². The molecule has 0 bridgehead atoms. The molecule has 1 aromatic rings. The largest absolute Gasteiger partial charge is 2.00 e. The predicted octanol–water partition coefficient (Wildman–Crippen LogP) is -0.973. The van der Waals surface area contributed by atoms with E-state index in [0.717, 1.165) is 24.3 Å². The smallest absolute Gasteiger partial charge is 1.00 e. The van der Waals surface area contributed by atoms with Crippen LogP contribution < -0.4 is 24.8 Å². The Labute approximate surface area is 211 Å². The molecule has 2 aliphatic rings. The van der Waals surface area contributed by atoms with Gasteiger partial charge in [0.05, 0.1) is 0 Å². The normalized spacial score (nSPS) is 17.8. The number of nitrogens with one attached hydrogen (secondary N) is 2. The van der Waals surface area contributed by atoms with E-state index in [1.807, 2.05) is 0 Å². The topological polar surface area (TPSA) is 94.7 Å². The van der Waals surface area contributed by atoms with Crippen LogP contribution >= 0.6 is 0 Å². The molecule has 1 aromatic heterocycles. The van der Waals surface area contributed by atoms with Gasteiger partial charge >= 0.3 is 17.1 Å². The number of rotatable bonds is 2. The van der Waals surface area contributed by atoms with Crippen LogP contribution in [0.2, 0.25) is 0 Å². The molecule has 1 heterocycles. The number of halogens is 6. The second-order valence-corrected chi connectivity index (χ2v) is 5.95. The van der Waals surface area contributed by atoms with E-state index in [1.54, 1.807) is 18.2 Å². The molecule has 5 nitrogen and oxygen atoms in total. The molecule has 0 spiro atoms. The maximum absolute atomic E-state index is 12.2. The minimum atomic E-state index is -1.56. The van der Waals surface area contributed by atoms with E-state index in [9.17, 15) is 27.2 Å². The summed E-state index contributed by atoms with van der Waals surface area (Å²) in [6.07, 6.45) is 3.80. The van der Waals surface area contributed by atoms with Gasteiger partial charge in [0.15, 0.2) is 23.9 Å². The number of hydrogen-bond acceptors (Lipinski definition) is 5. The van der Waals surface area contributed by atoms with Crippen LogP contribution in [0.3, 0.4) is 0 Å². The van der Waals surface area contributed by atoms with Crippen molar-refractivity contribution < 1.29 is 69.0 Å². The first kappa shape index (κ1) is 35.2. The summed E-state index contributed by atoms with van der Waals surface area (Å²) in [5, 5.41) is 13.5. The van der Waals surface area contributed by atoms with Crippen molar-refractivity contribution in [2.24, 2.45) is 0 Å². The Hall–Kier alpha value is -2.39. The number of hydrogen-bond donors (Lipinski definition) is 2. The van der Waals surface area contributed by atoms with Crippen molar-refractivity contribution in [3.8, 4) is 0 Å². The zero-order valence-corrected chi connectivity index (χ0v) is 19.9. The fraction of sp³-hybridized carbons (Fsp3) is 0.190. The number of pyridine rings is 1. The van der Waals surface area contributed by atoms with E-state index in [1.165, 1.54) is 26.0 Å². The molecule has 2 unspecified atom stereocenters. The summed E-state index contributed by atoms with van der Waals surface area (Å²) in [4.78, 5) is 25.6. The molecule has 0 fully saturated rings. The van der Waals surface area contributed by atoms with E-state index in [4.69, 9.17) is 10.8 Å². The van der Waals surface area contributed by atoms with Crippen molar-refractivity contribution in [1.29, 1.82) is 10.8 Å². The molecule has 0 radical (unpaired) electrons. The van der Waals surface area contributed by atoms with Gasteiger partial charge in [-0.3, -0.25) is 20.4 Å². The molecule has 2 atom stereocenters. The molecule has 33 heavy (non-hydrogen) atoms. The van der Waals surface area contributed by atoms with Crippen molar-refractivity contribution in [1.82, 2.24) is 4.98 Å². The average molecular weight is 548 g/mol. The molecule has 0 amide bonds. The van der Waals surface area contributed by atoms with Crippen LogP contribution in [-0.4, -0.2) is 40.3 Å². The SMILES string of the molecule is CC(=O)c1cccc(C(C)=O)n1.N=C1C(F)=CC=CC1F.N=C1C(F)=CC=CC1F.[Cl-].[Cl-].[Fe+2]. The molecule has 180 valence electrons. The third-order valence-electron chi connectivity index (χ3n) is 3.58. The summed E-state index contributed by atoms with van der Waals surface area (Å²) >= 11 is 0. The molecule has 2 aliphatic carbocycles. The van der Waals surface area contributed by atoms with Gasteiger partial charge in [0.25, 0.3) is 0 Å². The first-order valence-corrected chi connectivity index (χ1v) is 8.57. The zero-order valence-electron chi connectivity index (χ0n) is 17.2. The molecule has 0 saturated heterocycles. The standard InChI is InChI=1S/C9H9NO2.2C6H5F2N.2ClH.Fe/c1-6(11)8-4-3-5-9(10-8)7(2)12;2*7-4-2-1-3-5(8)6(4)9;;;/h3-5H,1-2H3;2*1-4,9H;2*1H;/q;;;;;+2/p-2. The van der Waals surface area contributed by atoms with Crippen LogP contribution in [-0.2, 0) is 17.1 Å². The van der Waals surface area contributed by atoms with Crippen LogP contribution in [0.25, 0.3) is 0 Å². The van der Waals surface area contributed by atoms with Crippen LogP contribution in [0.4, 0.5) is 17.6 Å². The van der Waals surface area contributed by atoms with Gasteiger partial charge in [0.2, 0.25) is 0 Å². The molecular formula is C21H19Cl2F4FeN3O2. The number of alkyl halides is 2. The number of carbonyl (C=O) groups excluding carboxylic acids is 2. The molecule has 0 aliphatic heterocycles. The first-order chi connectivity index (χ1) is 14.0. The van der Waals surface area contributed by atoms with E-state index in [-0.39, 0.29) is 53.4 Å². The average Bonchev–Trinajstić information content (AvgIpc) is 2.71. The van der Waals surface area contributed by atoms with E-state index < -0.39 is 35.4 Å². The van der Waals surface area contributed by atoms with E-state index in [2.05, 4.69) is 4.98 Å². The van der Waals surface area contributed by atoms with Crippen molar-refractivity contribution >= 4 is 23.0 Å². The maximum Gasteiger partial charge on any atom is 2.00 e. The summed E-state index contributed by atoms with van der Waals surface area (Å²) < 4.78 is 48.8. The number of aromatic nitrogens is 1. The number of Topliss-reactive ketones (excluding diaryl/α,β-unsaturated/α-hetero) is 2. The molecule has 2 N–H and O–H groups in total. The Morgan fingerprint density at radius 3 is 1.39 bits per heavy atom. The Morgan fingerprint density at radius 2 is 1.15 bits per heavy atom. The molecular weight excluding hydrogens is 529 g/mol. The number of allylic oxidation sites excluding steroid dienone is 8. The van der Waals surface area contributed by atoms with Crippen molar-refractivity contribution in [2.45, 2.75) is 26.2 Å². The number of carbonyl (C=O) groups is 2. The number of ketones is 2. The second kappa shape index (κ2) is 17.1. The van der Waals surface area contributed by atoms with E-state index in [0.29, 0.717) is 11.4 Å². The predicted molar refractivity (Wildman–Crippen MR) is 106 cm³/mol. The van der Waals surface area contributed by atoms with Crippen molar-refractivity contribution in [3.63, 3.8) is 0 Å². The minimum absolute atomic E-state index is 0. The Balaban J connectivity index is -0.000000396. The first-order valence-electron chi connectivity index (χ1n) is 8.57. The maximum atomic E-state index is 12.2. The summed E-state index contributed by atoms with van der Waals surface area (Å²) in [6, 6.07) is 4.84. The minimum Gasteiger partial charge on any atom is -1.00 e. The van der Waals surface area contributed by atoms with Crippen LogP contribution in [0.15, 0.2) is 66.3 Å². The number of nitrogens with zero attached hydrogens (tertiary/aromatic N) is 1. The molecule has 12 heteroatoms. The van der Waals surface area contributed by atoms with Crippen molar-refractivity contribution in [3.05, 3.63) is 77.7 Å². The van der Waals surface area contributed by atoms with Gasteiger partial charge in [-0.1, -0.05) is 18.2 Å². The van der Waals surface area contributed by atoms with Gasteiger partial charge in [-0.15, -0.1) is 0 Å². The fourth-order valence-corrected chi connectivity index (χ4v) is 1.94. The van der Waals surface area contributed by atoms with Gasteiger partial charge in [-0.25, -0.2) is 22.5 Å². The van der Waals surface area contributed by atoms with Gasteiger partial charge in [0.1, 0.15) is 34.5 Å². The van der Waals surface area contributed by atoms with Gasteiger partial charge in [-0.2, -0.15) is 0 Å². The quantitative estimate of drug-likeness (QED) is 0.283. The summed E-state index contributed by atoms with van der Waals surface area (Å²) in [7, 11) is 0. The summed E-state index contributed by atoms with van der Waals surface area (Å²) in [6.45, 7) is 2.85. The van der Waals surface area contributed by atoms with Gasteiger partial charge in [0, 0.05) is 13.8 Å².